The highest BCUT2D eigenvalue weighted by molar-refractivity contribution is 6.42. The fraction of sp³-hybridized carbons (Fsp3) is 0. The largest absolute Gasteiger partial charge is 0.455 e. The van der Waals surface area contributed by atoms with Crippen LogP contribution in [0.4, 0.5) is 0 Å². The molecule has 0 atom stereocenters. The second kappa shape index (κ2) is 4.60. The van der Waals surface area contributed by atoms with Crippen molar-refractivity contribution in [3.8, 4) is 11.3 Å². The van der Waals surface area contributed by atoms with Gasteiger partial charge in [0.05, 0.1) is 10.0 Å². The molecular weight excluding hydrogens is 249 g/mol. The number of hydrogen-bond acceptors (Lipinski definition) is 3. The van der Waals surface area contributed by atoms with E-state index in [9.17, 15) is 0 Å². The maximum atomic E-state index is 8.35. The summed E-state index contributed by atoms with van der Waals surface area (Å²) >= 11 is 11.7. The Labute approximate surface area is 102 Å². The zero-order chi connectivity index (χ0) is 11.5. The molecule has 1 aromatic heterocycles. The van der Waals surface area contributed by atoms with Crippen LogP contribution in [0.3, 0.4) is 0 Å². The lowest BCUT2D eigenvalue weighted by Gasteiger charge is -1.99. The Morgan fingerprint density at radius 2 is 1.94 bits per heavy atom. The van der Waals surface area contributed by atoms with Crippen LogP contribution in [0.15, 0.2) is 39.9 Å². The molecule has 1 heterocycles. The van der Waals surface area contributed by atoms with Gasteiger partial charge in [0, 0.05) is 5.56 Å². The van der Waals surface area contributed by atoms with Crippen molar-refractivity contribution in [2.45, 2.75) is 0 Å². The van der Waals surface area contributed by atoms with Crippen LogP contribution in [-0.4, -0.2) is 11.4 Å². The maximum Gasteiger partial charge on any atom is 0.149 e. The fourth-order valence-corrected chi connectivity index (χ4v) is 1.58. The second-order valence-corrected chi connectivity index (χ2v) is 3.89. The van der Waals surface area contributed by atoms with E-state index >= 15 is 0 Å². The van der Waals surface area contributed by atoms with Gasteiger partial charge in [-0.15, -0.1) is 0 Å². The predicted molar refractivity (Wildman–Crippen MR) is 63.5 cm³/mol. The van der Waals surface area contributed by atoms with Crippen molar-refractivity contribution in [3.05, 3.63) is 46.1 Å². The van der Waals surface area contributed by atoms with Crippen LogP contribution in [0.25, 0.3) is 11.3 Å². The quantitative estimate of drug-likeness (QED) is 0.500. The molecule has 1 aromatic carbocycles. The Morgan fingerprint density at radius 1 is 1.12 bits per heavy atom. The van der Waals surface area contributed by atoms with E-state index in [1.807, 2.05) is 0 Å². The molecule has 0 saturated heterocycles. The average Bonchev–Trinajstić information content (AvgIpc) is 2.71. The van der Waals surface area contributed by atoms with Crippen molar-refractivity contribution in [1.29, 1.82) is 0 Å². The van der Waals surface area contributed by atoms with Gasteiger partial charge < -0.3 is 9.62 Å². The van der Waals surface area contributed by atoms with E-state index < -0.39 is 0 Å². The van der Waals surface area contributed by atoms with E-state index in [2.05, 4.69) is 5.16 Å². The minimum absolute atomic E-state index is 0.462. The van der Waals surface area contributed by atoms with Crippen LogP contribution >= 0.6 is 23.2 Å². The molecule has 5 heteroatoms. The number of oxime groups is 1. The van der Waals surface area contributed by atoms with Gasteiger partial charge in [-0.2, -0.15) is 0 Å². The third-order valence-electron chi connectivity index (χ3n) is 2.02. The van der Waals surface area contributed by atoms with E-state index in [4.69, 9.17) is 32.8 Å². The van der Waals surface area contributed by atoms with E-state index in [0.29, 0.717) is 21.6 Å². The molecule has 0 saturated carbocycles. The average molecular weight is 256 g/mol. The van der Waals surface area contributed by atoms with Gasteiger partial charge in [-0.3, -0.25) is 0 Å². The summed E-state index contributed by atoms with van der Waals surface area (Å²) in [6.45, 7) is 0. The second-order valence-electron chi connectivity index (χ2n) is 3.08. The van der Waals surface area contributed by atoms with Gasteiger partial charge in [0.25, 0.3) is 0 Å². The van der Waals surface area contributed by atoms with Crippen molar-refractivity contribution in [1.82, 2.24) is 0 Å². The van der Waals surface area contributed by atoms with Gasteiger partial charge in [0.15, 0.2) is 0 Å². The van der Waals surface area contributed by atoms with Crippen LogP contribution in [0, 0.1) is 0 Å². The summed E-state index contributed by atoms with van der Waals surface area (Å²) in [6.07, 6.45) is 1.21. The monoisotopic (exact) mass is 255 g/mol. The Kier molecular flexibility index (Phi) is 3.17. The molecule has 1 N–H and O–H groups in total. The molecule has 0 aliphatic carbocycles. The molecule has 16 heavy (non-hydrogen) atoms. The van der Waals surface area contributed by atoms with Crippen LogP contribution < -0.4 is 0 Å². The van der Waals surface area contributed by atoms with Crippen molar-refractivity contribution in [2.24, 2.45) is 5.16 Å². The summed E-state index contributed by atoms with van der Waals surface area (Å²) in [5.41, 5.74) is 0.812. The van der Waals surface area contributed by atoms with E-state index in [0.717, 1.165) is 5.56 Å². The lowest BCUT2D eigenvalue weighted by Crippen LogP contribution is -1.76. The first-order chi connectivity index (χ1) is 7.70. The molecule has 0 spiro atoms. The van der Waals surface area contributed by atoms with Gasteiger partial charge in [-0.1, -0.05) is 28.4 Å². The van der Waals surface area contributed by atoms with Crippen molar-refractivity contribution < 1.29 is 9.62 Å². The molecule has 0 amide bonds. The van der Waals surface area contributed by atoms with Gasteiger partial charge in [0.1, 0.15) is 17.7 Å². The standard InChI is InChI=1S/C11H7Cl2NO2/c12-9-3-1-7(5-10(9)13)11-4-2-8(16-11)6-14-15/h1-6,15H. The first-order valence-corrected chi connectivity index (χ1v) is 5.19. The first-order valence-electron chi connectivity index (χ1n) is 4.43. The SMILES string of the molecule is ON=Cc1ccc(-c2ccc(Cl)c(Cl)c2)o1. The number of nitrogens with zero attached hydrogens (tertiary/aromatic N) is 1. The molecule has 3 nitrogen and oxygen atoms in total. The summed E-state index contributed by atoms with van der Waals surface area (Å²) in [5, 5.41) is 12.2. The number of halogens is 2. The molecule has 0 unspecified atom stereocenters. The van der Waals surface area contributed by atoms with Crippen molar-refractivity contribution in [2.75, 3.05) is 0 Å². The third kappa shape index (κ3) is 2.21. The highest BCUT2D eigenvalue weighted by atomic mass is 35.5. The summed E-state index contributed by atoms with van der Waals surface area (Å²) in [7, 11) is 0. The van der Waals surface area contributed by atoms with E-state index in [-0.39, 0.29) is 0 Å². The van der Waals surface area contributed by atoms with Gasteiger partial charge >= 0.3 is 0 Å². The van der Waals surface area contributed by atoms with Crippen molar-refractivity contribution in [3.63, 3.8) is 0 Å². The number of rotatable bonds is 2. The Hall–Kier alpha value is -1.45. The lowest BCUT2D eigenvalue weighted by atomic mass is 10.2. The lowest BCUT2D eigenvalue weighted by molar-refractivity contribution is 0.321. The molecule has 2 rings (SSSR count). The summed E-state index contributed by atoms with van der Waals surface area (Å²) < 4.78 is 5.39. The predicted octanol–water partition coefficient (Wildman–Crippen LogP) is 4.06. The van der Waals surface area contributed by atoms with Crippen LogP contribution in [-0.2, 0) is 0 Å². The smallest absolute Gasteiger partial charge is 0.149 e. The Morgan fingerprint density at radius 3 is 2.62 bits per heavy atom. The molecule has 2 aromatic rings. The molecule has 0 bridgehead atoms. The van der Waals surface area contributed by atoms with Gasteiger partial charge in [-0.25, -0.2) is 0 Å². The molecule has 82 valence electrons. The Bertz CT molecular complexity index is 535. The van der Waals surface area contributed by atoms with Gasteiger partial charge in [0.2, 0.25) is 0 Å². The minimum atomic E-state index is 0.462. The maximum absolute atomic E-state index is 8.35. The van der Waals surface area contributed by atoms with Gasteiger partial charge in [-0.05, 0) is 30.3 Å². The molecule has 0 fully saturated rings. The van der Waals surface area contributed by atoms with E-state index in [1.54, 1.807) is 30.3 Å². The molecular formula is C11H7Cl2NO2. The van der Waals surface area contributed by atoms with Crippen LogP contribution in [0.1, 0.15) is 5.76 Å². The fourth-order valence-electron chi connectivity index (χ4n) is 1.28. The summed E-state index contributed by atoms with van der Waals surface area (Å²) in [6, 6.07) is 8.66. The normalized spacial score (nSPS) is 11.1. The molecule has 0 aliphatic rings. The number of furan rings is 1. The molecule has 0 aliphatic heterocycles. The topological polar surface area (TPSA) is 45.7 Å². The van der Waals surface area contributed by atoms with Crippen LogP contribution in [0.5, 0.6) is 0 Å². The van der Waals surface area contributed by atoms with E-state index in [1.165, 1.54) is 6.21 Å². The minimum Gasteiger partial charge on any atom is -0.455 e. The van der Waals surface area contributed by atoms with Crippen molar-refractivity contribution >= 4 is 29.4 Å². The zero-order valence-corrected chi connectivity index (χ0v) is 9.53. The number of hydrogen-bond donors (Lipinski definition) is 1. The highest BCUT2D eigenvalue weighted by Gasteiger charge is 2.06. The summed E-state index contributed by atoms with van der Waals surface area (Å²) in [4.78, 5) is 0. The third-order valence-corrected chi connectivity index (χ3v) is 2.75. The zero-order valence-electron chi connectivity index (χ0n) is 8.02. The van der Waals surface area contributed by atoms with Crippen LogP contribution in [0.2, 0.25) is 10.0 Å². The molecule has 0 radical (unpaired) electrons. The summed E-state index contributed by atoms with van der Waals surface area (Å²) in [5.74, 6) is 1.09. The Balaban J connectivity index is 2.38. The number of benzene rings is 1. The first kappa shape index (κ1) is 11.0. The highest BCUT2D eigenvalue weighted by Crippen LogP contribution is 2.29.